The number of esters is 2. The van der Waals surface area contributed by atoms with Crippen LogP contribution in [0.25, 0.3) is 0 Å². The highest BCUT2D eigenvalue weighted by Crippen LogP contribution is 2.36. The molecule has 1 unspecified atom stereocenters. The van der Waals surface area contributed by atoms with Crippen molar-refractivity contribution in [2.45, 2.75) is 50.6 Å². The van der Waals surface area contributed by atoms with E-state index in [1.807, 2.05) is 48.5 Å². The molecule has 1 N–H and O–H groups in total. The van der Waals surface area contributed by atoms with Gasteiger partial charge in [0.15, 0.2) is 11.5 Å². The van der Waals surface area contributed by atoms with E-state index in [2.05, 4.69) is 39.5 Å². The van der Waals surface area contributed by atoms with Gasteiger partial charge in [-0.2, -0.15) is 0 Å². The molecule has 1 fully saturated rings. The van der Waals surface area contributed by atoms with Gasteiger partial charge in [0.25, 0.3) is 0 Å². The molecule has 9 nitrogen and oxygen atoms in total. The van der Waals surface area contributed by atoms with Crippen molar-refractivity contribution in [1.29, 1.82) is 0 Å². The lowest BCUT2D eigenvalue weighted by Crippen LogP contribution is -2.39. The molecular weight excluding hydrogens is 733 g/mol. The van der Waals surface area contributed by atoms with Crippen LogP contribution in [0.5, 0.6) is 11.5 Å². The number of thiophene rings is 1. The molecule has 6 rings (SSSR count). The Morgan fingerprint density at radius 1 is 0.868 bits per heavy atom. The molecule has 0 bridgehead atoms. The summed E-state index contributed by atoms with van der Waals surface area (Å²) in [4.78, 5) is 35.0. The third-order valence-corrected chi connectivity index (χ3v) is 10.9. The van der Waals surface area contributed by atoms with Gasteiger partial charge >= 0.3 is 11.9 Å². The van der Waals surface area contributed by atoms with Crippen LogP contribution in [0.1, 0.15) is 61.8 Å². The first-order valence-electron chi connectivity index (χ1n) is 17.4. The van der Waals surface area contributed by atoms with Crippen LogP contribution in [0, 0.1) is 0 Å². The number of benzene rings is 3. The molecule has 0 aliphatic carbocycles. The van der Waals surface area contributed by atoms with Crippen molar-refractivity contribution in [2.75, 3.05) is 27.3 Å². The van der Waals surface area contributed by atoms with Gasteiger partial charge in [-0.05, 0) is 59.4 Å². The Hall–Kier alpha value is -4.45. The first kappa shape index (κ1) is 38.3. The fourth-order valence-corrected chi connectivity index (χ4v) is 7.67. The summed E-state index contributed by atoms with van der Waals surface area (Å²) in [7, 11) is 3.09. The maximum Gasteiger partial charge on any atom is 0.348 e. The highest BCUT2D eigenvalue weighted by atomic mass is 35.5. The van der Waals surface area contributed by atoms with E-state index in [4.69, 9.17) is 42.1 Å². The molecule has 1 aliphatic rings. The van der Waals surface area contributed by atoms with Crippen molar-refractivity contribution in [1.82, 2.24) is 15.2 Å². The first-order valence-corrected chi connectivity index (χ1v) is 18.9. The number of piperidine rings is 1. The number of ether oxygens (including phenoxy) is 4. The predicted octanol–water partition coefficient (Wildman–Crippen LogP) is 8.65. The molecule has 3 heterocycles. The van der Waals surface area contributed by atoms with E-state index < -0.39 is 18.1 Å². The number of nitrogens with zero attached hydrogens (tertiary/aromatic N) is 2. The van der Waals surface area contributed by atoms with Crippen LogP contribution < -0.4 is 14.8 Å². The average molecular weight is 775 g/mol. The average Bonchev–Trinajstić information content (AvgIpc) is 3.66. The van der Waals surface area contributed by atoms with Gasteiger partial charge < -0.3 is 18.9 Å². The number of rotatable bonds is 15. The standard InChI is InChI=1S/C41H41Cl2N3O6S/c1-49-35-15-13-29(21-37(35)50-2)36(22-32-33(42)24-44-25-34(32)43)52-40(47)38-16-14-31(53-38)23-45-39(28-11-7-4-8-12-28)41(48)51-30-17-19-46(20-18-30)26-27-9-5-3-6-10-27/h3-16,21,24-25,30,36,39,45H,17-20,22-23,26H2,1-2H3/t36-,39?/m0/s1. The van der Waals surface area contributed by atoms with Gasteiger partial charge in [-0.3, -0.25) is 15.2 Å². The molecule has 53 heavy (non-hydrogen) atoms. The Kier molecular flexibility index (Phi) is 13.4. The summed E-state index contributed by atoms with van der Waals surface area (Å²) in [6.45, 7) is 2.94. The first-order chi connectivity index (χ1) is 25.8. The molecular formula is C41H41Cl2N3O6S. The highest BCUT2D eigenvalue weighted by Gasteiger charge is 2.29. The molecule has 0 saturated carbocycles. The predicted molar refractivity (Wildman–Crippen MR) is 207 cm³/mol. The molecule has 0 radical (unpaired) electrons. The largest absolute Gasteiger partial charge is 0.493 e. The number of likely N-dealkylation sites (tertiary alicyclic amines) is 1. The summed E-state index contributed by atoms with van der Waals surface area (Å²) in [5.41, 5.74) is 3.35. The molecule has 12 heteroatoms. The quantitative estimate of drug-likeness (QED) is 0.105. The molecule has 276 valence electrons. The smallest absolute Gasteiger partial charge is 0.348 e. The normalized spacial score (nSPS) is 14.6. The second kappa shape index (κ2) is 18.5. The van der Waals surface area contributed by atoms with Gasteiger partial charge in [0.2, 0.25) is 0 Å². The minimum atomic E-state index is -0.759. The fourth-order valence-electron chi connectivity index (χ4n) is 6.31. The zero-order valence-electron chi connectivity index (χ0n) is 29.5. The Bertz CT molecular complexity index is 1950. The van der Waals surface area contributed by atoms with E-state index in [0.29, 0.717) is 44.1 Å². The van der Waals surface area contributed by atoms with Gasteiger partial charge in [-0.25, -0.2) is 9.59 Å². The van der Waals surface area contributed by atoms with Crippen molar-refractivity contribution >= 4 is 46.5 Å². The number of nitrogens with one attached hydrogen (secondary N) is 1. The number of carbonyl (C=O) groups excluding carboxylic acids is 2. The van der Waals surface area contributed by atoms with Crippen molar-refractivity contribution in [3.63, 3.8) is 0 Å². The fraction of sp³-hybridized carbons (Fsp3) is 0.293. The van der Waals surface area contributed by atoms with Crippen molar-refractivity contribution in [3.05, 3.63) is 145 Å². The van der Waals surface area contributed by atoms with Crippen LogP contribution in [0.4, 0.5) is 0 Å². The number of halogens is 2. The van der Waals surface area contributed by atoms with E-state index in [0.717, 1.165) is 42.9 Å². The van der Waals surface area contributed by atoms with Gasteiger partial charge in [0, 0.05) is 49.9 Å². The molecule has 0 amide bonds. The monoisotopic (exact) mass is 773 g/mol. The van der Waals surface area contributed by atoms with Crippen LogP contribution >= 0.6 is 34.5 Å². The van der Waals surface area contributed by atoms with E-state index in [1.54, 1.807) is 32.4 Å². The van der Waals surface area contributed by atoms with Crippen molar-refractivity contribution in [3.8, 4) is 11.5 Å². The zero-order chi connectivity index (χ0) is 37.2. The Balaban J connectivity index is 1.11. The molecule has 3 aromatic carbocycles. The van der Waals surface area contributed by atoms with Gasteiger partial charge in [0.1, 0.15) is 23.1 Å². The highest BCUT2D eigenvalue weighted by molar-refractivity contribution is 7.13. The van der Waals surface area contributed by atoms with Crippen LogP contribution in [0.2, 0.25) is 10.0 Å². The number of hydrogen-bond donors (Lipinski definition) is 1. The second-order valence-electron chi connectivity index (χ2n) is 12.7. The number of methoxy groups -OCH3 is 2. The van der Waals surface area contributed by atoms with E-state index in [1.165, 1.54) is 29.3 Å². The summed E-state index contributed by atoms with van der Waals surface area (Å²) in [5.74, 6) is 0.195. The summed E-state index contributed by atoms with van der Waals surface area (Å²) in [5, 5.41) is 4.11. The third-order valence-electron chi connectivity index (χ3n) is 9.15. The van der Waals surface area contributed by atoms with Crippen LogP contribution in [0.3, 0.4) is 0 Å². The summed E-state index contributed by atoms with van der Waals surface area (Å²) >= 11 is 14.2. The third kappa shape index (κ3) is 10.2. The van der Waals surface area contributed by atoms with E-state index in [9.17, 15) is 9.59 Å². The van der Waals surface area contributed by atoms with Gasteiger partial charge in [0.05, 0.1) is 24.3 Å². The summed E-state index contributed by atoms with van der Waals surface area (Å²) < 4.78 is 23.1. The molecule has 0 spiro atoms. The maximum atomic E-state index is 13.7. The zero-order valence-corrected chi connectivity index (χ0v) is 31.8. The number of carbonyl (C=O) groups is 2. The minimum Gasteiger partial charge on any atom is -0.493 e. The maximum absolute atomic E-state index is 13.7. The molecule has 1 aliphatic heterocycles. The molecule has 2 aromatic heterocycles. The van der Waals surface area contributed by atoms with Gasteiger partial charge in [-0.1, -0.05) is 89.9 Å². The second-order valence-corrected chi connectivity index (χ2v) is 14.7. The molecule has 1 saturated heterocycles. The van der Waals surface area contributed by atoms with Crippen LogP contribution in [-0.4, -0.2) is 55.2 Å². The molecule has 5 aromatic rings. The summed E-state index contributed by atoms with van der Waals surface area (Å²) in [6, 6.07) is 28.2. The number of pyridine rings is 1. The Labute approximate surface area is 323 Å². The Morgan fingerprint density at radius 2 is 1.55 bits per heavy atom. The minimum absolute atomic E-state index is 0.152. The Morgan fingerprint density at radius 3 is 2.23 bits per heavy atom. The SMILES string of the molecule is COc1ccc([C@H](Cc2c(Cl)cncc2Cl)OC(=O)c2ccc(CNC(C(=O)OC3CCN(Cc4ccccc4)CC3)c3ccccc3)s2)cc1OC. The lowest BCUT2D eigenvalue weighted by molar-refractivity contribution is -0.154. The number of hydrogen-bond acceptors (Lipinski definition) is 10. The van der Waals surface area contributed by atoms with Crippen molar-refractivity contribution < 1.29 is 28.5 Å². The number of aromatic nitrogens is 1. The van der Waals surface area contributed by atoms with Crippen LogP contribution in [-0.2, 0) is 33.8 Å². The lowest BCUT2D eigenvalue weighted by atomic mass is 10.0. The lowest BCUT2D eigenvalue weighted by Gasteiger charge is -2.32. The summed E-state index contributed by atoms with van der Waals surface area (Å²) in [6.07, 6.45) is 3.85. The van der Waals surface area contributed by atoms with Crippen LogP contribution in [0.15, 0.2) is 103 Å². The van der Waals surface area contributed by atoms with E-state index >= 15 is 0 Å². The van der Waals surface area contributed by atoms with Gasteiger partial charge in [-0.15, -0.1) is 11.3 Å². The topological polar surface area (TPSA) is 99.2 Å². The molecule has 2 atom stereocenters. The van der Waals surface area contributed by atoms with E-state index in [-0.39, 0.29) is 18.5 Å². The van der Waals surface area contributed by atoms with Crippen molar-refractivity contribution in [2.24, 2.45) is 0 Å².